The normalized spacial score (nSPS) is 17.2. The molecule has 6 nitrogen and oxygen atoms in total. The van der Waals surface area contributed by atoms with Crippen LogP contribution in [0.5, 0.6) is 0 Å². The van der Waals surface area contributed by atoms with Gasteiger partial charge in [0.1, 0.15) is 0 Å². The predicted octanol–water partition coefficient (Wildman–Crippen LogP) is 1.37. The van der Waals surface area contributed by atoms with Crippen LogP contribution >= 0.6 is 0 Å². The van der Waals surface area contributed by atoms with E-state index in [-0.39, 0.29) is 5.91 Å². The fourth-order valence-electron chi connectivity index (χ4n) is 3.00. The van der Waals surface area contributed by atoms with Crippen molar-refractivity contribution in [2.75, 3.05) is 44.6 Å². The van der Waals surface area contributed by atoms with Gasteiger partial charge in [0.2, 0.25) is 5.91 Å². The molecular weight excluding hydrogens is 316 g/mol. The Hall–Kier alpha value is -2.28. The van der Waals surface area contributed by atoms with Crippen molar-refractivity contribution in [1.82, 2.24) is 14.8 Å². The number of β-amino-alcohol motifs (C(OH)–C–C–N with tert-alkyl or cyclic N) is 1. The van der Waals surface area contributed by atoms with Crippen LogP contribution < -0.4 is 5.32 Å². The van der Waals surface area contributed by atoms with E-state index in [0.717, 1.165) is 37.4 Å². The molecule has 0 radical (unpaired) electrons. The number of aliphatic hydroxyl groups is 1. The summed E-state index contributed by atoms with van der Waals surface area (Å²) in [5.41, 5.74) is 1.66. The van der Waals surface area contributed by atoms with Gasteiger partial charge in [-0.3, -0.25) is 19.6 Å². The van der Waals surface area contributed by atoms with Gasteiger partial charge in [-0.15, -0.1) is 0 Å². The molecule has 3 rings (SSSR count). The molecule has 2 aromatic rings. The van der Waals surface area contributed by atoms with Gasteiger partial charge in [0, 0.05) is 38.9 Å². The zero-order chi connectivity index (χ0) is 17.5. The lowest BCUT2D eigenvalue weighted by molar-refractivity contribution is -0.117. The highest BCUT2D eigenvalue weighted by atomic mass is 16.3. The number of nitrogens with one attached hydrogen (secondary N) is 1. The average Bonchev–Trinajstić information content (AvgIpc) is 2.65. The number of hydrogen-bond acceptors (Lipinski definition) is 5. The fraction of sp³-hybridized carbons (Fsp3) is 0.368. The first-order valence-electron chi connectivity index (χ1n) is 8.58. The van der Waals surface area contributed by atoms with E-state index in [1.807, 2.05) is 36.4 Å². The Morgan fingerprint density at radius 2 is 1.80 bits per heavy atom. The lowest BCUT2D eigenvalue weighted by Crippen LogP contribution is -2.49. The first kappa shape index (κ1) is 17.5. The topological polar surface area (TPSA) is 68.7 Å². The Balaban J connectivity index is 1.40. The van der Waals surface area contributed by atoms with E-state index < -0.39 is 6.10 Å². The summed E-state index contributed by atoms with van der Waals surface area (Å²) in [5, 5.41) is 13.2. The summed E-state index contributed by atoms with van der Waals surface area (Å²) in [7, 11) is 0. The maximum absolute atomic E-state index is 12.1. The van der Waals surface area contributed by atoms with Crippen LogP contribution in [0.3, 0.4) is 0 Å². The molecule has 6 heteroatoms. The largest absolute Gasteiger partial charge is 0.387 e. The molecule has 0 bridgehead atoms. The van der Waals surface area contributed by atoms with E-state index in [0.29, 0.717) is 13.1 Å². The minimum absolute atomic E-state index is 0.0224. The zero-order valence-corrected chi connectivity index (χ0v) is 14.2. The Bertz CT molecular complexity index is 658. The van der Waals surface area contributed by atoms with Crippen molar-refractivity contribution < 1.29 is 9.90 Å². The molecule has 1 saturated heterocycles. The lowest BCUT2D eigenvalue weighted by atomic mass is 10.1. The first-order chi connectivity index (χ1) is 12.2. The van der Waals surface area contributed by atoms with Gasteiger partial charge in [0.25, 0.3) is 0 Å². The molecule has 1 aromatic heterocycles. The molecule has 0 aliphatic carbocycles. The Kier molecular flexibility index (Phi) is 6.11. The van der Waals surface area contributed by atoms with Gasteiger partial charge < -0.3 is 10.4 Å². The standard InChI is InChI=1S/C19H24N4O2/c24-18(16-5-2-1-3-6-16)14-22-9-11-23(12-10-22)15-19(25)21-17-7-4-8-20-13-17/h1-8,13,18,24H,9-12,14-15H2,(H,21,25)/t18-/m1/s1. The van der Waals surface area contributed by atoms with Crippen LogP contribution in [0, 0.1) is 0 Å². The van der Waals surface area contributed by atoms with Gasteiger partial charge in [-0.25, -0.2) is 0 Å². The predicted molar refractivity (Wildman–Crippen MR) is 97.1 cm³/mol. The van der Waals surface area contributed by atoms with E-state index in [1.54, 1.807) is 18.5 Å². The molecule has 1 aliphatic heterocycles. The second-order valence-corrected chi connectivity index (χ2v) is 6.29. The van der Waals surface area contributed by atoms with Crippen molar-refractivity contribution in [3.05, 3.63) is 60.4 Å². The molecule has 1 atom stereocenters. The SMILES string of the molecule is O=C(CN1CCN(C[C@@H](O)c2ccccc2)CC1)Nc1cccnc1. The van der Waals surface area contributed by atoms with Gasteiger partial charge >= 0.3 is 0 Å². The molecular formula is C19H24N4O2. The van der Waals surface area contributed by atoms with Crippen LogP contribution in [-0.4, -0.2) is 65.1 Å². The lowest BCUT2D eigenvalue weighted by Gasteiger charge is -2.35. The smallest absolute Gasteiger partial charge is 0.238 e. The number of piperazine rings is 1. The summed E-state index contributed by atoms with van der Waals surface area (Å²) in [5.74, 6) is -0.0224. The Morgan fingerprint density at radius 1 is 1.08 bits per heavy atom. The van der Waals surface area contributed by atoms with Gasteiger partial charge in [-0.05, 0) is 17.7 Å². The van der Waals surface area contributed by atoms with Crippen LogP contribution in [0.1, 0.15) is 11.7 Å². The molecule has 1 aromatic carbocycles. The molecule has 1 fully saturated rings. The quantitative estimate of drug-likeness (QED) is 0.831. The van der Waals surface area contributed by atoms with E-state index in [4.69, 9.17) is 0 Å². The summed E-state index contributed by atoms with van der Waals surface area (Å²) < 4.78 is 0. The molecule has 1 amide bonds. The molecule has 1 aliphatic rings. The van der Waals surface area contributed by atoms with E-state index in [1.165, 1.54) is 0 Å². The summed E-state index contributed by atoms with van der Waals surface area (Å²) in [6, 6.07) is 13.4. The number of amides is 1. The third kappa shape index (κ3) is 5.35. The van der Waals surface area contributed by atoms with Crippen molar-refractivity contribution in [3.63, 3.8) is 0 Å². The first-order valence-corrected chi connectivity index (χ1v) is 8.58. The van der Waals surface area contributed by atoms with Crippen LogP contribution in [0.15, 0.2) is 54.9 Å². The third-order valence-corrected chi connectivity index (χ3v) is 4.39. The average molecular weight is 340 g/mol. The second-order valence-electron chi connectivity index (χ2n) is 6.29. The third-order valence-electron chi connectivity index (χ3n) is 4.39. The second kappa shape index (κ2) is 8.71. The fourth-order valence-corrected chi connectivity index (χ4v) is 3.00. The van der Waals surface area contributed by atoms with Gasteiger partial charge in [0.05, 0.1) is 24.5 Å². The highest BCUT2D eigenvalue weighted by Crippen LogP contribution is 2.15. The Morgan fingerprint density at radius 3 is 2.48 bits per heavy atom. The number of aromatic nitrogens is 1. The number of pyridine rings is 1. The number of benzene rings is 1. The van der Waals surface area contributed by atoms with Crippen LogP contribution in [0.2, 0.25) is 0 Å². The van der Waals surface area contributed by atoms with Crippen molar-refractivity contribution in [2.45, 2.75) is 6.10 Å². The summed E-state index contributed by atoms with van der Waals surface area (Å²) in [6.07, 6.45) is 2.85. The van der Waals surface area contributed by atoms with E-state index in [2.05, 4.69) is 20.1 Å². The number of nitrogens with zero attached hydrogens (tertiary/aromatic N) is 3. The van der Waals surface area contributed by atoms with E-state index >= 15 is 0 Å². The minimum atomic E-state index is -0.471. The summed E-state index contributed by atoms with van der Waals surface area (Å²) >= 11 is 0. The molecule has 25 heavy (non-hydrogen) atoms. The number of hydrogen-bond donors (Lipinski definition) is 2. The minimum Gasteiger partial charge on any atom is -0.387 e. The molecule has 0 spiro atoms. The number of rotatable bonds is 6. The number of carbonyl (C=O) groups is 1. The zero-order valence-electron chi connectivity index (χ0n) is 14.2. The van der Waals surface area contributed by atoms with E-state index in [9.17, 15) is 9.90 Å². The molecule has 0 saturated carbocycles. The Labute approximate surface area is 148 Å². The van der Waals surface area contributed by atoms with Crippen molar-refractivity contribution >= 4 is 11.6 Å². The number of anilines is 1. The number of aliphatic hydroxyl groups excluding tert-OH is 1. The summed E-state index contributed by atoms with van der Waals surface area (Å²) in [4.78, 5) is 20.5. The van der Waals surface area contributed by atoms with Gasteiger partial charge in [-0.2, -0.15) is 0 Å². The van der Waals surface area contributed by atoms with Crippen molar-refractivity contribution in [2.24, 2.45) is 0 Å². The molecule has 2 N–H and O–H groups in total. The van der Waals surface area contributed by atoms with Crippen molar-refractivity contribution in [3.8, 4) is 0 Å². The van der Waals surface area contributed by atoms with Gasteiger partial charge in [0.15, 0.2) is 0 Å². The maximum atomic E-state index is 12.1. The highest BCUT2D eigenvalue weighted by Gasteiger charge is 2.21. The van der Waals surface area contributed by atoms with Crippen LogP contribution in [0.4, 0.5) is 5.69 Å². The highest BCUT2D eigenvalue weighted by molar-refractivity contribution is 5.92. The molecule has 2 heterocycles. The van der Waals surface area contributed by atoms with Crippen LogP contribution in [0.25, 0.3) is 0 Å². The van der Waals surface area contributed by atoms with Crippen LogP contribution in [-0.2, 0) is 4.79 Å². The molecule has 132 valence electrons. The summed E-state index contributed by atoms with van der Waals surface area (Å²) in [6.45, 7) is 4.35. The molecule has 0 unspecified atom stereocenters. The number of carbonyl (C=O) groups excluding carboxylic acids is 1. The van der Waals surface area contributed by atoms with Gasteiger partial charge in [-0.1, -0.05) is 30.3 Å². The monoisotopic (exact) mass is 340 g/mol. The maximum Gasteiger partial charge on any atom is 0.238 e. The van der Waals surface area contributed by atoms with Crippen molar-refractivity contribution in [1.29, 1.82) is 0 Å².